The lowest BCUT2D eigenvalue weighted by Gasteiger charge is -2.24. The Bertz CT molecular complexity index is 1250. The van der Waals surface area contributed by atoms with Crippen LogP contribution in [0.5, 0.6) is 0 Å². The van der Waals surface area contributed by atoms with Crippen LogP contribution in [-0.2, 0) is 34.2 Å². The third kappa shape index (κ3) is 4.20. The molecule has 0 N–H and O–H groups in total. The minimum absolute atomic E-state index is 0.00337. The summed E-state index contributed by atoms with van der Waals surface area (Å²) in [6.45, 7) is 2.18. The minimum atomic E-state index is -3.55. The molecule has 0 amide bonds. The molecule has 0 aliphatic heterocycles. The predicted molar refractivity (Wildman–Crippen MR) is 119 cm³/mol. The highest BCUT2D eigenvalue weighted by Crippen LogP contribution is 2.32. The molecular formula is C24H26N2O4S. The summed E-state index contributed by atoms with van der Waals surface area (Å²) in [4.78, 5) is 18.2. The van der Waals surface area contributed by atoms with Gasteiger partial charge in [-0.1, -0.05) is 37.3 Å². The van der Waals surface area contributed by atoms with E-state index in [1.54, 1.807) is 18.2 Å². The van der Waals surface area contributed by atoms with Gasteiger partial charge in [0.05, 0.1) is 16.0 Å². The normalized spacial score (nSPS) is 16.3. The predicted octanol–water partition coefficient (Wildman–Crippen LogP) is 3.97. The van der Waals surface area contributed by atoms with Crippen LogP contribution in [0.2, 0.25) is 0 Å². The second-order valence-corrected chi connectivity index (χ2v) is 10.4. The Morgan fingerprint density at radius 1 is 1.16 bits per heavy atom. The number of hydrogen-bond acceptors (Lipinski definition) is 5. The summed E-state index contributed by atoms with van der Waals surface area (Å²) < 4.78 is 31.6. The van der Waals surface area contributed by atoms with Crippen molar-refractivity contribution in [2.24, 2.45) is 5.92 Å². The van der Waals surface area contributed by atoms with Crippen molar-refractivity contribution in [3.8, 4) is 0 Å². The zero-order valence-electron chi connectivity index (χ0n) is 18.0. The van der Waals surface area contributed by atoms with E-state index in [1.807, 2.05) is 24.3 Å². The molecule has 4 rings (SSSR count). The SMILES string of the molecule is C[C@H]1CCc2nc3ccccc3c(C(=O)OCc3cccc(S(=O)(=O)N(C)C)c3)c2C1. The van der Waals surface area contributed by atoms with Gasteiger partial charge in [0.25, 0.3) is 0 Å². The summed E-state index contributed by atoms with van der Waals surface area (Å²) in [5, 5.41) is 0.796. The van der Waals surface area contributed by atoms with Crippen molar-refractivity contribution < 1.29 is 17.9 Å². The van der Waals surface area contributed by atoms with Gasteiger partial charge >= 0.3 is 5.97 Å². The number of ether oxygens (including phenoxy) is 1. The van der Waals surface area contributed by atoms with Gasteiger partial charge in [0.1, 0.15) is 6.61 Å². The average Bonchev–Trinajstić information content (AvgIpc) is 2.76. The van der Waals surface area contributed by atoms with Crippen LogP contribution < -0.4 is 0 Å². The highest BCUT2D eigenvalue weighted by atomic mass is 32.2. The van der Waals surface area contributed by atoms with Crippen LogP contribution in [0.15, 0.2) is 53.4 Å². The largest absolute Gasteiger partial charge is 0.457 e. The first-order chi connectivity index (χ1) is 14.8. The van der Waals surface area contributed by atoms with Crippen LogP contribution in [0, 0.1) is 5.92 Å². The Labute approximate surface area is 182 Å². The summed E-state index contributed by atoms with van der Waals surface area (Å²) in [6, 6.07) is 14.1. The number of fused-ring (bicyclic) bond motifs is 2. The molecule has 0 radical (unpaired) electrons. The number of rotatable bonds is 5. The number of hydrogen-bond donors (Lipinski definition) is 0. The number of benzene rings is 2. The second-order valence-electron chi connectivity index (χ2n) is 8.29. The van der Waals surface area contributed by atoms with E-state index in [2.05, 4.69) is 6.92 Å². The topological polar surface area (TPSA) is 76.6 Å². The molecule has 2 aromatic carbocycles. The van der Waals surface area contributed by atoms with Crippen LogP contribution in [0.3, 0.4) is 0 Å². The molecule has 6 nitrogen and oxygen atoms in total. The van der Waals surface area contributed by atoms with Crippen LogP contribution in [0.1, 0.15) is 40.5 Å². The molecule has 31 heavy (non-hydrogen) atoms. The lowest BCUT2D eigenvalue weighted by atomic mass is 9.84. The Morgan fingerprint density at radius 2 is 1.94 bits per heavy atom. The monoisotopic (exact) mass is 438 g/mol. The van der Waals surface area contributed by atoms with Crippen molar-refractivity contribution in [3.05, 3.63) is 70.9 Å². The van der Waals surface area contributed by atoms with Gasteiger partial charge in [-0.15, -0.1) is 0 Å². The van der Waals surface area contributed by atoms with Crippen LogP contribution in [0.25, 0.3) is 10.9 Å². The Morgan fingerprint density at radius 3 is 2.71 bits per heavy atom. The first kappa shape index (κ1) is 21.5. The third-order valence-corrected chi connectivity index (χ3v) is 7.57. The van der Waals surface area contributed by atoms with Crippen LogP contribution in [-0.4, -0.2) is 37.8 Å². The van der Waals surface area contributed by atoms with Crippen molar-refractivity contribution in [1.82, 2.24) is 9.29 Å². The molecule has 3 aromatic rings. The number of para-hydroxylation sites is 1. The van der Waals surface area contributed by atoms with Crippen molar-refractivity contribution in [3.63, 3.8) is 0 Å². The summed E-state index contributed by atoms with van der Waals surface area (Å²) in [6.07, 6.45) is 2.71. The molecule has 0 bridgehead atoms. The third-order valence-electron chi connectivity index (χ3n) is 5.76. The maximum Gasteiger partial charge on any atom is 0.339 e. The Kier molecular flexibility index (Phi) is 5.81. The van der Waals surface area contributed by atoms with Gasteiger partial charge in [-0.25, -0.2) is 17.5 Å². The number of esters is 1. The highest BCUT2D eigenvalue weighted by Gasteiger charge is 2.26. The van der Waals surface area contributed by atoms with E-state index >= 15 is 0 Å². The molecular weight excluding hydrogens is 412 g/mol. The summed E-state index contributed by atoms with van der Waals surface area (Å²) in [5.41, 5.74) is 3.96. The highest BCUT2D eigenvalue weighted by molar-refractivity contribution is 7.89. The molecule has 0 spiro atoms. The smallest absolute Gasteiger partial charge is 0.339 e. The van der Waals surface area contributed by atoms with E-state index in [1.165, 1.54) is 20.2 Å². The standard InChI is InChI=1S/C24H26N2O4S/c1-16-11-12-22-20(13-16)23(19-9-4-5-10-21(19)25-22)24(27)30-15-17-7-6-8-18(14-17)31(28,29)26(2)3/h4-10,14,16H,11-13,15H2,1-3H3/t16-/m0/s1. The zero-order valence-corrected chi connectivity index (χ0v) is 18.8. The quantitative estimate of drug-likeness (QED) is 0.564. The van der Waals surface area contributed by atoms with E-state index in [0.717, 1.165) is 45.7 Å². The second kappa shape index (κ2) is 8.40. The number of sulfonamides is 1. The number of carbonyl (C=O) groups excluding carboxylic acids is 1. The Balaban J connectivity index is 1.65. The van der Waals surface area contributed by atoms with Gasteiger partial charge < -0.3 is 4.74 Å². The molecule has 1 atom stereocenters. The molecule has 0 fully saturated rings. The molecule has 0 unspecified atom stereocenters. The fourth-order valence-corrected chi connectivity index (χ4v) is 5.00. The fourth-order valence-electron chi connectivity index (χ4n) is 4.02. The summed E-state index contributed by atoms with van der Waals surface area (Å²) >= 11 is 0. The van der Waals surface area contributed by atoms with Crippen LogP contribution in [0.4, 0.5) is 0 Å². The number of nitrogens with zero attached hydrogens (tertiary/aromatic N) is 2. The summed E-state index contributed by atoms with van der Waals surface area (Å²) in [5.74, 6) is 0.0831. The molecule has 1 aromatic heterocycles. The molecule has 1 heterocycles. The average molecular weight is 439 g/mol. The molecule has 0 saturated heterocycles. The van der Waals surface area contributed by atoms with Crippen molar-refractivity contribution in [2.45, 2.75) is 37.7 Å². The van der Waals surface area contributed by atoms with Crippen molar-refractivity contribution in [2.75, 3.05) is 14.1 Å². The van der Waals surface area contributed by atoms with Gasteiger partial charge in [-0.3, -0.25) is 4.98 Å². The lowest BCUT2D eigenvalue weighted by Crippen LogP contribution is -2.22. The maximum atomic E-state index is 13.2. The summed E-state index contributed by atoms with van der Waals surface area (Å²) in [7, 11) is -0.579. The number of pyridine rings is 1. The maximum absolute atomic E-state index is 13.2. The molecule has 1 aliphatic rings. The molecule has 162 valence electrons. The first-order valence-corrected chi connectivity index (χ1v) is 11.8. The van der Waals surface area contributed by atoms with Gasteiger partial charge in [0, 0.05) is 25.2 Å². The zero-order chi connectivity index (χ0) is 22.2. The molecule has 0 saturated carbocycles. The molecule has 1 aliphatic carbocycles. The number of carbonyl (C=O) groups is 1. The van der Waals surface area contributed by atoms with Crippen molar-refractivity contribution in [1.29, 1.82) is 0 Å². The number of aryl methyl sites for hydroxylation is 1. The van der Waals surface area contributed by atoms with Crippen LogP contribution >= 0.6 is 0 Å². The Hall–Kier alpha value is -2.77. The van der Waals surface area contributed by atoms with E-state index in [9.17, 15) is 13.2 Å². The van der Waals surface area contributed by atoms with Crippen molar-refractivity contribution >= 4 is 26.9 Å². The number of aromatic nitrogens is 1. The van der Waals surface area contributed by atoms with E-state index in [-0.39, 0.29) is 11.5 Å². The van der Waals surface area contributed by atoms with Gasteiger partial charge in [0.2, 0.25) is 10.0 Å². The van der Waals surface area contributed by atoms with Gasteiger partial charge in [-0.2, -0.15) is 0 Å². The fraction of sp³-hybridized carbons (Fsp3) is 0.333. The molecule has 7 heteroatoms. The first-order valence-electron chi connectivity index (χ1n) is 10.4. The lowest BCUT2D eigenvalue weighted by molar-refractivity contribution is 0.0473. The minimum Gasteiger partial charge on any atom is -0.457 e. The van der Waals surface area contributed by atoms with Gasteiger partial charge in [-0.05, 0) is 54.5 Å². The van der Waals surface area contributed by atoms with Gasteiger partial charge in [0.15, 0.2) is 0 Å². The van der Waals surface area contributed by atoms with E-state index < -0.39 is 16.0 Å². The van der Waals surface area contributed by atoms with E-state index in [0.29, 0.717) is 17.0 Å². The van der Waals surface area contributed by atoms with E-state index in [4.69, 9.17) is 9.72 Å².